The summed E-state index contributed by atoms with van der Waals surface area (Å²) in [6, 6.07) is 14.2. The fourth-order valence-corrected chi connectivity index (χ4v) is 5.82. The van der Waals surface area contributed by atoms with Crippen LogP contribution in [0.2, 0.25) is 0 Å². The third kappa shape index (κ3) is 8.12. The second-order valence-corrected chi connectivity index (χ2v) is 13.5. The monoisotopic (exact) mass is 529 g/mol. The first-order chi connectivity index (χ1) is 18.3. The molecular formula is C38H59N. The topological polar surface area (TPSA) is 3.24 Å². The molecule has 2 rings (SSSR count). The van der Waals surface area contributed by atoms with Gasteiger partial charge in [0.2, 0.25) is 0 Å². The minimum Gasteiger partial charge on any atom is -0.310 e. The molecular weight excluding hydrogens is 470 g/mol. The Hall–Kier alpha value is -2.28. The van der Waals surface area contributed by atoms with Crippen LogP contribution in [-0.4, -0.2) is 0 Å². The van der Waals surface area contributed by atoms with Crippen molar-refractivity contribution in [2.45, 2.75) is 138 Å². The van der Waals surface area contributed by atoms with Gasteiger partial charge in [-0.2, -0.15) is 0 Å². The minimum absolute atomic E-state index is 0.112. The fourth-order valence-electron chi connectivity index (χ4n) is 5.82. The van der Waals surface area contributed by atoms with E-state index in [1.165, 1.54) is 77.9 Å². The Morgan fingerprint density at radius 2 is 1.26 bits per heavy atom. The Kier molecular flexibility index (Phi) is 11.7. The number of allylic oxidation sites excluding steroid dienone is 2. The van der Waals surface area contributed by atoms with Crippen LogP contribution in [0.4, 0.5) is 11.4 Å². The van der Waals surface area contributed by atoms with Crippen LogP contribution < -0.4 is 4.90 Å². The highest BCUT2D eigenvalue weighted by Crippen LogP contribution is 2.42. The summed E-state index contributed by atoms with van der Waals surface area (Å²) in [5.41, 5.74) is 9.59. The van der Waals surface area contributed by atoms with Crippen LogP contribution >= 0.6 is 0 Å². The van der Waals surface area contributed by atoms with Gasteiger partial charge in [0.15, 0.2) is 0 Å². The third-order valence-electron chi connectivity index (χ3n) is 9.13. The molecule has 0 atom stereocenters. The average Bonchev–Trinajstić information content (AvgIpc) is 2.91. The Labute approximate surface area is 242 Å². The van der Waals surface area contributed by atoms with Crippen LogP contribution in [-0.2, 0) is 10.8 Å². The molecule has 0 heterocycles. The van der Waals surface area contributed by atoms with Crippen molar-refractivity contribution in [1.82, 2.24) is 0 Å². The van der Waals surface area contributed by atoms with Crippen molar-refractivity contribution < 1.29 is 0 Å². The Balaban J connectivity index is 2.81. The molecule has 0 fully saturated rings. The highest BCUT2D eigenvalue weighted by molar-refractivity contribution is 5.76. The van der Waals surface area contributed by atoms with Crippen LogP contribution in [0, 0.1) is 19.3 Å². The second-order valence-electron chi connectivity index (χ2n) is 13.5. The van der Waals surface area contributed by atoms with E-state index in [1.807, 2.05) is 0 Å². The van der Waals surface area contributed by atoms with Gasteiger partial charge < -0.3 is 4.90 Å². The molecule has 2 aromatic carbocycles. The van der Waals surface area contributed by atoms with E-state index in [4.69, 9.17) is 0 Å². The number of hydrogen-bond acceptors (Lipinski definition) is 1. The number of rotatable bonds is 14. The summed E-state index contributed by atoms with van der Waals surface area (Å²) in [6.45, 7) is 29.9. The van der Waals surface area contributed by atoms with Gasteiger partial charge in [-0.1, -0.05) is 125 Å². The van der Waals surface area contributed by atoms with Gasteiger partial charge in [-0.3, -0.25) is 0 Å². The molecule has 1 heteroatoms. The van der Waals surface area contributed by atoms with Crippen molar-refractivity contribution >= 4 is 11.4 Å². The molecule has 1 nitrogen and oxygen atoms in total. The van der Waals surface area contributed by atoms with Crippen LogP contribution in [0.15, 0.2) is 60.8 Å². The van der Waals surface area contributed by atoms with Gasteiger partial charge in [-0.25, -0.2) is 0 Å². The molecule has 0 aliphatic rings. The zero-order valence-electron chi connectivity index (χ0n) is 27.4. The predicted octanol–water partition coefficient (Wildman–Crippen LogP) is 12.3. The molecule has 0 unspecified atom stereocenters. The summed E-state index contributed by atoms with van der Waals surface area (Å²) in [4.78, 5) is 2.49. The summed E-state index contributed by atoms with van der Waals surface area (Å²) < 4.78 is 0. The normalized spacial score (nSPS) is 13.1. The van der Waals surface area contributed by atoms with Gasteiger partial charge in [0, 0.05) is 11.4 Å². The first-order valence-corrected chi connectivity index (χ1v) is 15.7. The first-order valence-electron chi connectivity index (χ1n) is 15.7. The van der Waals surface area contributed by atoms with Crippen molar-refractivity contribution in [2.75, 3.05) is 4.90 Å². The molecule has 216 valence electrons. The molecule has 39 heavy (non-hydrogen) atoms. The van der Waals surface area contributed by atoms with Gasteiger partial charge in [0.1, 0.15) is 0 Å². The molecule has 0 aliphatic heterocycles. The lowest BCUT2D eigenvalue weighted by atomic mass is 9.78. The smallest absolute Gasteiger partial charge is 0.0520 e. The Bertz CT molecular complexity index is 1060. The van der Waals surface area contributed by atoms with Crippen molar-refractivity contribution in [1.29, 1.82) is 0 Å². The average molecular weight is 530 g/mol. The highest BCUT2D eigenvalue weighted by Gasteiger charge is 2.27. The first kappa shape index (κ1) is 32.9. The van der Waals surface area contributed by atoms with Crippen molar-refractivity contribution in [3.05, 3.63) is 83.1 Å². The van der Waals surface area contributed by atoms with E-state index in [9.17, 15) is 0 Å². The van der Waals surface area contributed by atoms with E-state index in [-0.39, 0.29) is 16.2 Å². The number of hydrogen-bond donors (Lipinski definition) is 0. The van der Waals surface area contributed by atoms with Crippen molar-refractivity contribution in [2.24, 2.45) is 5.41 Å². The maximum atomic E-state index is 4.37. The summed E-state index contributed by atoms with van der Waals surface area (Å²) in [5, 5.41) is 0. The molecule has 0 amide bonds. The predicted molar refractivity (Wildman–Crippen MR) is 177 cm³/mol. The highest BCUT2D eigenvalue weighted by atomic mass is 15.2. The number of nitrogens with zero attached hydrogens (tertiary/aromatic N) is 1. The van der Waals surface area contributed by atoms with Gasteiger partial charge in [0.05, 0.1) is 5.69 Å². The van der Waals surface area contributed by atoms with Gasteiger partial charge in [-0.15, -0.1) is 0 Å². The zero-order valence-corrected chi connectivity index (χ0v) is 27.4. The van der Waals surface area contributed by atoms with Crippen LogP contribution in [0.5, 0.6) is 0 Å². The fraction of sp³-hybridized carbons (Fsp3) is 0.579. The largest absolute Gasteiger partial charge is 0.310 e. The molecule has 0 aliphatic carbocycles. The van der Waals surface area contributed by atoms with E-state index in [0.29, 0.717) is 0 Å². The second kappa shape index (κ2) is 13.9. The van der Waals surface area contributed by atoms with E-state index in [2.05, 4.69) is 136 Å². The molecule has 2 aromatic rings. The van der Waals surface area contributed by atoms with Crippen molar-refractivity contribution in [3.8, 4) is 0 Å². The quantitative estimate of drug-likeness (QED) is 0.220. The van der Waals surface area contributed by atoms with E-state index in [0.717, 1.165) is 12.8 Å². The van der Waals surface area contributed by atoms with Crippen LogP contribution in [0.3, 0.4) is 0 Å². The molecule has 0 aromatic heterocycles. The SMILES string of the molecule is C=C/C(=C\C(C)(CCCC)CCCC)N(c1ccc(C(C)(CC)CC)cc1)c1c(C)cc(C(C)(C)C)cc1C. The van der Waals surface area contributed by atoms with E-state index >= 15 is 0 Å². The maximum Gasteiger partial charge on any atom is 0.0520 e. The molecule has 0 N–H and O–H groups in total. The standard InChI is InChI=1S/C38H59N/c1-13-18-24-37(11,25-19-14-2)28-33(15-3)39(34-22-20-31(21-23-34)38(12,16-4)17-5)35-29(6)26-32(27-30(35)7)36(8,9)10/h15,20-23,26-28H,3,13-14,16-19,24-25H2,1-2,4-12H3/b33-28+. The zero-order chi connectivity index (χ0) is 29.4. The number of anilines is 2. The number of benzene rings is 2. The van der Waals surface area contributed by atoms with Gasteiger partial charge in [-0.05, 0) is 96.2 Å². The molecule has 0 spiro atoms. The van der Waals surface area contributed by atoms with Gasteiger partial charge >= 0.3 is 0 Å². The van der Waals surface area contributed by atoms with E-state index < -0.39 is 0 Å². The van der Waals surface area contributed by atoms with Crippen molar-refractivity contribution in [3.63, 3.8) is 0 Å². The maximum absolute atomic E-state index is 4.37. The van der Waals surface area contributed by atoms with Gasteiger partial charge in [0.25, 0.3) is 0 Å². The number of aryl methyl sites for hydroxylation is 2. The Morgan fingerprint density at radius 1 is 0.769 bits per heavy atom. The van der Waals surface area contributed by atoms with Crippen LogP contribution in [0.1, 0.15) is 136 Å². The summed E-state index contributed by atoms with van der Waals surface area (Å²) >= 11 is 0. The lowest BCUT2D eigenvalue weighted by Gasteiger charge is -2.35. The molecule has 0 radical (unpaired) electrons. The molecule has 0 saturated heterocycles. The van der Waals surface area contributed by atoms with Crippen LogP contribution in [0.25, 0.3) is 0 Å². The minimum atomic E-state index is 0.112. The lowest BCUT2D eigenvalue weighted by Crippen LogP contribution is -2.23. The lowest BCUT2D eigenvalue weighted by molar-refractivity contribution is 0.335. The summed E-state index contributed by atoms with van der Waals surface area (Å²) in [5.74, 6) is 0. The Morgan fingerprint density at radius 3 is 1.64 bits per heavy atom. The molecule has 0 bridgehead atoms. The summed E-state index contributed by atoms with van der Waals surface area (Å²) in [7, 11) is 0. The third-order valence-corrected chi connectivity index (χ3v) is 9.13. The molecule has 0 saturated carbocycles. The number of unbranched alkanes of at least 4 members (excludes halogenated alkanes) is 2. The summed E-state index contributed by atoms with van der Waals surface area (Å²) in [6.07, 6.45) is 14.3. The van der Waals surface area contributed by atoms with E-state index in [1.54, 1.807) is 0 Å².